The highest BCUT2D eigenvalue weighted by Crippen LogP contribution is 2.30. The number of nitrogens with zero attached hydrogens (tertiary/aromatic N) is 3. The zero-order valence-corrected chi connectivity index (χ0v) is 10.9. The smallest absolute Gasteiger partial charge is 0.276 e. The Bertz CT molecular complexity index is 563. The normalized spacial score (nSPS) is 15.3. The lowest BCUT2D eigenvalue weighted by Crippen LogP contribution is -2.13. The molecule has 0 spiro atoms. The van der Waals surface area contributed by atoms with Gasteiger partial charge in [-0.05, 0) is 12.8 Å². The van der Waals surface area contributed by atoms with Crippen LogP contribution >= 0.6 is 0 Å². The second-order valence-corrected chi connectivity index (χ2v) is 5.63. The number of H-pyrrole nitrogens is 1. The molecule has 0 saturated carbocycles. The van der Waals surface area contributed by atoms with E-state index in [0.717, 1.165) is 36.5 Å². The van der Waals surface area contributed by atoms with E-state index in [4.69, 9.17) is 4.52 Å². The maximum absolute atomic E-state index is 5.34. The largest absolute Gasteiger partial charge is 0.368 e. The Morgan fingerprint density at radius 2 is 2.11 bits per heavy atom. The van der Waals surface area contributed by atoms with Crippen LogP contribution < -0.4 is 5.32 Å². The van der Waals surface area contributed by atoms with Gasteiger partial charge in [0.05, 0.1) is 0 Å². The molecule has 18 heavy (non-hydrogen) atoms. The van der Waals surface area contributed by atoms with E-state index in [1.807, 2.05) is 0 Å². The van der Waals surface area contributed by atoms with E-state index in [-0.39, 0.29) is 5.41 Å². The van der Waals surface area contributed by atoms with Crippen molar-refractivity contribution < 1.29 is 4.52 Å². The van der Waals surface area contributed by atoms with Gasteiger partial charge in [-0.2, -0.15) is 10.1 Å². The average molecular weight is 247 g/mol. The second-order valence-electron chi connectivity index (χ2n) is 5.63. The minimum absolute atomic E-state index is 0.111. The molecule has 1 aliphatic heterocycles. The summed E-state index contributed by atoms with van der Waals surface area (Å²) in [5.41, 5.74) is 1.88. The molecule has 1 aliphatic rings. The minimum Gasteiger partial charge on any atom is -0.368 e. The van der Waals surface area contributed by atoms with Crippen molar-refractivity contribution in [3.8, 4) is 11.6 Å². The van der Waals surface area contributed by atoms with Gasteiger partial charge >= 0.3 is 0 Å². The Morgan fingerprint density at radius 1 is 1.28 bits per heavy atom. The summed E-state index contributed by atoms with van der Waals surface area (Å²) in [7, 11) is 0. The predicted octanol–water partition coefficient (Wildman–Crippen LogP) is 2.12. The SMILES string of the molecule is CC(C)(C)c1noc(-c2[nH]nc3c2CCCN3)n1. The second kappa shape index (κ2) is 3.83. The van der Waals surface area contributed by atoms with Gasteiger partial charge in [0.25, 0.3) is 5.89 Å². The van der Waals surface area contributed by atoms with Crippen LogP contribution in [0.25, 0.3) is 11.6 Å². The molecule has 0 atom stereocenters. The van der Waals surface area contributed by atoms with Crippen LogP contribution in [0.3, 0.4) is 0 Å². The average Bonchev–Trinajstić information content (AvgIpc) is 2.94. The lowest BCUT2D eigenvalue weighted by molar-refractivity contribution is 0.401. The van der Waals surface area contributed by atoms with E-state index in [2.05, 4.69) is 46.4 Å². The molecule has 0 aliphatic carbocycles. The van der Waals surface area contributed by atoms with Crippen LogP contribution in [0.5, 0.6) is 0 Å². The number of fused-ring (bicyclic) bond motifs is 1. The van der Waals surface area contributed by atoms with Gasteiger partial charge in [0.15, 0.2) is 11.6 Å². The van der Waals surface area contributed by atoms with Gasteiger partial charge in [-0.25, -0.2) is 0 Å². The fourth-order valence-electron chi connectivity index (χ4n) is 2.03. The van der Waals surface area contributed by atoms with Gasteiger partial charge < -0.3 is 9.84 Å². The van der Waals surface area contributed by atoms with Crippen LogP contribution in [0, 0.1) is 0 Å². The summed E-state index contributed by atoms with van der Waals surface area (Å²) in [4.78, 5) is 4.46. The molecule has 2 N–H and O–H groups in total. The van der Waals surface area contributed by atoms with Crippen molar-refractivity contribution in [1.29, 1.82) is 0 Å². The van der Waals surface area contributed by atoms with E-state index >= 15 is 0 Å². The van der Waals surface area contributed by atoms with E-state index in [9.17, 15) is 0 Å². The van der Waals surface area contributed by atoms with E-state index in [0.29, 0.717) is 11.7 Å². The summed E-state index contributed by atoms with van der Waals surface area (Å²) in [6.45, 7) is 7.15. The molecule has 2 aromatic heterocycles. The maximum atomic E-state index is 5.34. The van der Waals surface area contributed by atoms with Crippen molar-refractivity contribution >= 4 is 5.82 Å². The van der Waals surface area contributed by atoms with Crippen LogP contribution in [-0.4, -0.2) is 26.9 Å². The number of anilines is 1. The third kappa shape index (κ3) is 1.77. The molecule has 0 aromatic carbocycles. The Kier molecular flexibility index (Phi) is 2.39. The number of hydrogen-bond donors (Lipinski definition) is 2. The van der Waals surface area contributed by atoms with E-state index in [1.54, 1.807) is 0 Å². The van der Waals surface area contributed by atoms with Crippen molar-refractivity contribution in [3.63, 3.8) is 0 Å². The van der Waals surface area contributed by atoms with Gasteiger partial charge in [0, 0.05) is 17.5 Å². The summed E-state index contributed by atoms with van der Waals surface area (Å²) >= 11 is 0. The van der Waals surface area contributed by atoms with Crippen molar-refractivity contribution in [2.45, 2.75) is 39.0 Å². The first-order chi connectivity index (χ1) is 8.55. The van der Waals surface area contributed by atoms with Crippen LogP contribution in [0.2, 0.25) is 0 Å². The number of rotatable bonds is 1. The van der Waals surface area contributed by atoms with Gasteiger partial charge in [-0.3, -0.25) is 5.10 Å². The Hall–Kier alpha value is -1.85. The minimum atomic E-state index is -0.111. The highest BCUT2D eigenvalue weighted by molar-refractivity contribution is 5.63. The third-order valence-electron chi connectivity index (χ3n) is 3.07. The predicted molar refractivity (Wildman–Crippen MR) is 67.4 cm³/mol. The Labute approximate surface area is 105 Å². The summed E-state index contributed by atoms with van der Waals surface area (Å²) in [5.74, 6) is 2.15. The molecule has 6 nitrogen and oxygen atoms in total. The summed E-state index contributed by atoms with van der Waals surface area (Å²) in [6.07, 6.45) is 2.08. The monoisotopic (exact) mass is 247 g/mol. The molecule has 6 heteroatoms. The fourth-order valence-corrected chi connectivity index (χ4v) is 2.03. The number of aromatic nitrogens is 4. The third-order valence-corrected chi connectivity index (χ3v) is 3.07. The van der Waals surface area contributed by atoms with Crippen molar-refractivity contribution in [2.24, 2.45) is 0 Å². The number of hydrogen-bond acceptors (Lipinski definition) is 5. The van der Waals surface area contributed by atoms with Crippen LogP contribution in [-0.2, 0) is 11.8 Å². The molecule has 0 amide bonds. The summed E-state index contributed by atoms with van der Waals surface area (Å²) in [5, 5.41) is 14.5. The molecule has 0 saturated heterocycles. The number of aromatic amines is 1. The first kappa shape index (κ1) is 11.3. The molecule has 3 rings (SSSR count). The zero-order chi connectivity index (χ0) is 12.8. The molecular weight excluding hydrogens is 230 g/mol. The molecule has 0 unspecified atom stereocenters. The molecule has 0 radical (unpaired) electrons. The Morgan fingerprint density at radius 3 is 2.83 bits per heavy atom. The van der Waals surface area contributed by atoms with Crippen LogP contribution in [0.15, 0.2) is 4.52 Å². The zero-order valence-electron chi connectivity index (χ0n) is 10.9. The highest BCUT2D eigenvalue weighted by Gasteiger charge is 2.25. The molecule has 2 aromatic rings. The summed E-state index contributed by atoms with van der Waals surface area (Å²) < 4.78 is 5.34. The van der Waals surface area contributed by atoms with Gasteiger partial charge in [0.1, 0.15) is 5.69 Å². The van der Waals surface area contributed by atoms with Crippen molar-refractivity contribution in [1.82, 2.24) is 20.3 Å². The first-order valence-electron chi connectivity index (χ1n) is 6.21. The standard InChI is InChI=1S/C12H17N5O/c1-12(2,3)11-14-10(18-17-11)8-7-5-4-6-13-9(7)16-15-8/h4-6H2,1-3H3,(H2,13,15,16). The lowest BCUT2D eigenvalue weighted by atomic mass is 9.96. The van der Waals surface area contributed by atoms with Crippen LogP contribution in [0.1, 0.15) is 38.6 Å². The molecule has 0 fully saturated rings. The van der Waals surface area contributed by atoms with E-state index < -0.39 is 0 Å². The maximum Gasteiger partial charge on any atom is 0.276 e. The molecular formula is C12H17N5O. The van der Waals surface area contributed by atoms with Crippen LogP contribution in [0.4, 0.5) is 5.82 Å². The molecule has 3 heterocycles. The highest BCUT2D eigenvalue weighted by atomic mass is 16.5. The van der Waals surface area contributed by atoms with Gasteiger partial charge in [0.2, 0.25) is 0 Å². The molecule has 96 valence electrons. The Balaban J connectivity index is 2.00. The first-order valence-corrected chi connectivity index (χ1v) is 6.21. The van der Waals surface area contributed by atoms with Gasteiger partial charge in [-0.15, -0.1) is 0 Å². The quantitative estimate of drug-likeness (QED) is 0.806. The van der Waals surface area contributed by atoms with Crippen molar-refractivity contribution in [3.05, 3.63) is 11.4 Å². The number of nitrogens with one attached hydrogen (secondary N) is 2. The summed E-state index contributed by atoms with van der Waals surface area (Å²) in [6, 6.07) is 0. The van der Waals surface area contributed by atoms with E-state index in [1.165, 1.54) is 0 Å². The van der Waals surface area contributed by atoms with Gasteiger partial charge in [-0.1, -0.05) is 25.9 Å². The van der Waals surface area contributed by atoms with Crippen molar-refractivity contribution in [2.75, 3.05) is 11.9 Å². The fraction of sp³-hybridized carbons (Fsp3) is 0.583. The lowest BCUT2D eigenvalue weighted by Gasteiger charge is -2.12. The molecule has 0 bridgehead atoms. The topological polar surface area (TPSA) is 79.6 Å².